The number of phenolic OH excluding ortho intramolecular Hbond substituents is 1. The van der Waals surface area contributed by atoms with Gasteiger partial charge in [0.2, 0.25) is 11.8 Å². The lowest BCUT2D eigenvalue weighted by atomic mass is 10.0. The standard InChI is InChI=1S/C21H30N2O3/c1-15(2)6-5-7-16(3)12-13-22-21(26)20(23-17(4)24)14-18-8-10-19(25)11-9-18/h6,8-12,20,25H,5,7,13-14H2,1-4H3,(H,22,26)(H,23,24)/t20-/m0/s1. The summed E-state index contributed by atoms with van der Waals surface area (Å²) in [5.74, 6) is -0.304. The summed E-state index contributed by atoms with van der Waals surface area (Å²) >= 11 is 0. The van der Waals surface area contributed by atoms with E-state index in [4.69, 9.17) is 0 Å². The van der Waals surface area contributed by atoms with Gasteiger partial charge in [0, 0.05) is 19.9 Å². The van der Waals surface area contributed by atoms with Crippen molar-refractivity contribution in [1.29, 1.82) is 0 Å². The first-order valence-electron chi connectivity index (χ1n) is 8.89. The van der Waals surface area contributed by atoms with Crippen LogP contribution in [0.1, 0.15) is 46.1 Å². The fourth-order valence-corrected chi connectivity index (χ4v) is 2.46. The van der Waals surface area contributed by atoms with E-state index in [1.165, 1.54) is 18.1 Å². The Morgan fingerprint density at radius 2 is 1.73 bits per heavy atom. The Morgan fingerprint density at radius 1 is 1.08 bits per heavy atom. The maximum absolute atomic E-state index is 12.4. The van der Waals surface area contributed by atoms with Gasteiger partial charge in [-0.2, -0.15) is 0 Å². The summed E-state index contributed by atoms with van der Waals surface area (Å²) in [4.78, 5) is 23.8. The van der Waals surface area contributed by atoms with Gasteiger partial charge in [0.05, 0.1) is 0 Å². The van der Waals surface area contributed by atoms with Crippen molar-refractivity contribution in [1.82, 2.24) is 10.6 Å². The molecule has 0 bridgehead atoms. The van der Waals surface area contributed by atoms with Crippen molar-refractivity contribution in [3.05, 3.63) is 53.1 Å². The predicted molar refractivity (Wildman–Crippen MR) is 105 cm³/mol. The summed E-state index contributed by atoms with van der Waals surface area (Å²) in [7, 11) is 0. The van der Waals surface area contributed by atoms with Crippen LogP contribution in [0.2, 0.25) is 0 Å². The Labute approximate surface area is 156 Å². The fraction of sp³-hybridized carbons (Fsp3) is 0.429. The number of hydrogen-bond acceptors (Lipinski definition) is 3. The average Bonchev–Trinajstić information content (AvgIpc) is 2.55. The van der Waals surface area contributed by atoms with E-state index in [-0.39, 0.29) is 17.6 Å². The second kappa shape index (κ2) is 11.1. The number of carbonyl (C=O) groups is 2. The molecular weight excluding hydrogens is 328 g/mol. The number of phenols is 1. The van der Waals surface area contributed by atoms with E-state index >= 15 is 0 Å². The molecule has 0 aliphatic heterocycles. The van der Waals surface area contributed by atoms with Gasteiger partial charge in [0.1, 0.15) is 11.8 Å². The van der Waals surface area contributed by atoms with Crippen LogP contribution >= 0.6 is 0 Å². The van der Waals surface area contributed by atoms with Gasteiger partial charge in [-0.1, -0.05) is 35.4 Å². The van der Waals surface area contributed by atoms with Crippen LogP contribution in [0.4, 0.5) is 0 Å². The first-order valence-corrected chi connectivity index (χ1v) is 8.89. The number of aromatic hydroxyl groups is 1. The topological polar surface area (TPSA) is 78.4 Å². The molecule has 0 fully saturated rings. The average molecular weight is 358 g/mol. The number of allylic oxidation sites excluding steroid dienone is 3. The molecule has 0 aromatic heterocycles. The molecule has 1 aromatic rings. The highest BCUT2D eigenvalue weighted by molar-refractivity contribution is 5.87. The summed E-state index contributed by atoms with van der Waals surface area (Å²) < 4.78 is 0. The zero-order chi connectivity index (χ0) is 19.5. The predicted octanol–water partition coefficient (Wildman–Crippen LogP) is 3.25. The molecule has 26 heavy (non-hydrogen) atoms. The third-order valence-corrected chi connectivity index (χ3v) is 3.89. The quantitative estimate of drug-likeness (QED) is 0.593. The largest absolute Gasteiger partial charge is 0.508 e. The van der Waals surface area contributed by atoms with Gasteiger partial charge in [-0.25, -0.2) is 0 Å². The number of hydrogen-bond donors (Lipinski definition) is 3. The summed E-state index contributed by atoms with van der Waals surface area (Å²) in [6.45, 7) is 8.04. The first kappa shape index (κ1) is 21.5. The van der Waals surface area contributed by atoms with Crippen LogP contribution in [-0.4, -0.2) is 29.5 Å². The van der Waals surface area contributed by atoms with E-state index in [9.17, 15) is 14.7 Å². The highest BCUT2D eigenvalue weighted by Gasteiger charge is 2.19. The van der Waals surface area contributed by atoms with Crippen LogP contribution in [0.3, 0.4) is 0 Å². The lowest BCUT2D eigenvalue weighted by Crippen LogP contribution is -2.47. The monoisotopic (exact) mass is 358 g/mol. The van der Waals surface area contributed by atoms with Crippen LogP contribution < -0.4 is 10.6 Å². The van der Waals surface area contributed by atoms with Crippen molar-refractivity contribution >= 4 is 11.8 Å². The number of nitrogens with one attached hydrogen (secondary N) is 2. The Kier molecular flexibility index (Phi) is 9.20. The second-order valence-corrected chi connectivity index (χ2v) is 6.74. The van der Waals surface area contributed by atoms with Gasteiger partial charge in [0.15, 0.2) is 0 Å². The van der Waals surface area contributed by atoms with E-state index in [0.717, 1.165) is 18.4 Å². The summed E-state index contributed by atoms with van der Waals surface area (Å²) in [5, 5.41) is 14.9. The van der Waals surface area contributed by atoms with E-state index in [1.807, 2.05) is 13.0 Å². The van der Waals surface area contributed by atoms with Crippen molar-refractivity contribution in [2.24, 2.45) is 0 Å². The normalized spacial score (nSPS) is 12.2. The third-order valence-electron chi connectivity index (χ3n) is 3.89. The Morgan fingerprint density at radius 3 is 2.31 bits per heavy atom. The maximum atomic E-state index is 12.4. The van der Waals surface area contributed by atoms with Crippen molar-refractivity contribution in [2.45, 2.75) is 53.0 Å². The first-order chi connectivity index (χ1) is 12.3. The number of carbonyl (C=O) groups excluding carboxylic acids is 2. The molecule has 0 saturated carbocycles. The number of amides is 2. The van der Waals surface area contributed by atoms with Gasteiger partial charge in [0.25, 0.3) is 0 Å². The van der Waals surface area contributed by atoms with Gasteiger partial charge in [-0.05, 0) is 51.3 Å². The molecule has 1 aromatic carbocycles. The van der Waals surface area contributed by atoms with Crippen LogP contribution in [0, 0.1) is 0 Å². The molecule has 1 atom stereocenters. The van der Waals surface area contributed by atoms with Crippen LogP contribution in [0.15, 0.2) is 47.6 Å². The van der Waals surface area contributed by atoms with Gasteiger partial charge in [-0.15, -0.1) is 0 Å². The van der Waals surface area contributed by atoms with Crippen molar-refractivity contribution in [3.8, 4) is 5.75 Å². The highest BCUT2D eigenvalue weighted by Crippen LogP contribution is 2.11. The number of rotatable bonds is 9. The third kappa shape index (κ3) is 9.06. The van der Waals surface area contributed by atoms with E-state index in [0.29, 0.717) is 13.0 Å². The molecule has 2 amide bonds. The molecular formula is C21H30N2O3. The summed E-state index contributed by atoms with van der Waals surface area (Å²) in [6.07, 6.45) is 6.52. The molecule has 0 aliphatic rings. The van der Waals surface area contributed by atoms with Gasteiger partial charge >= 0.3 is 0 Å². The lowest BCUT2D eigenvalue weighted by Gasteiger charge is -2.17. The minimum Gasteiger partial charge on any atom is -0.508 e. The SMILES string of the molecule is CC(=O)N[C@@H](Cc1ccc(O)cc1)C(=O)NCC=C(C)CCC=C(C)C. The molecule has 3 N–H and O–H groups in total. The van der Waals surface area contributed by atoms with Crippen molar-refractivity contribution in [3.63, 3.8) is 0 Å². The molecule has 0 unspecified atom stereocenters. The maximum Gasteiger partial charge on any atom is 0.243 e. The Balaban J connectivity index is 2.58. The molecule has 0 heterocycles. The second-order valence-electron chi connectivity index (χ2n) is 6.74. The van der Waals surface area contributed by atoms with Gasteiger partial charge in [-0.3, -0.25) is 9.59 Å². The zero-order valence-corrected chi connectivity index (χ0v) is 16.1. The molecule has 5 nitrogen and oxygen atoms in total. The van der Waals surface area contributed by atoms with E-state index in [1.54, 1.807) is 24.3 Å². The molecule has 0 saturated heterocycles. The van der Waals surface area contributed by atoms with Gasteiger partial charge < -0.3 is 15.7 Å². The molecule has 142 valence electrons. The zero-order valence-electron chi connectivity index (χ0n) is 16.1. The van der Waals surface area contributed by atoms with Crippen LogP contribution in [0.25, 0.3) is 0 Å². The van der Waals surface area contributed by atoms with Crippen molar-refractivity contribution in [2.75, 3.05) is 6.54 Å². The lowest BCUT2D eigenvalue weighted by molar-refractivity contribution is -0.127. The smallest absolute Gasteiger partial charge is 0.243 e. The summed E-state index contributed by atoms with van der Waals surface area (Å²) in [6, 6.07) is 5.97. The van der Waals surface area contributed by atoms with E-state index in [2.05, 4.69) is 30.6 Å². The van der Waals surface area contributed by atoms with Crippen LogP contribution in [-0.2, 0) is 16.0 Å². The molecule has 0 aliphatic carbocycles. The van der Waals surface area contributed by atoms with Crippen LogP contribution in [0.5, 0.6) is 5.75 Å². The molecule has 0 spiro atoms. The minimum atomic E-state index is -0.642. The molecule has 0 radical (unpaired) electrons. The highest BCUT2D eigenvalue weighted by atomic mass is 16.3. The number of benzene rings is 1. The summed E-state index contributed by atoms with van der Waals surface area (Å²) in [5.41, 5.74) is 3.39. The van der Waals surface area contributed by atoms with E-state index < -0.39 is 6.04 Å². The Hall–Kier alpha value is -2.56. The minimum absolute atomic E-state index is 0.169. The molecule has 5 heteroatoms. The van der Waals surface area contributed by atoms with Crippen molar-refractivity contribution < 1.29 is 14.7 Å². The molecule has 1 rings (SSSR count). The fourth-order valence-electron chi connectivity index (χ4n) is 2.46. The Bertz CT molecular complexity index is 656.